The Labute approximate surface area is 236 Å². The fraction of sp³-hybridized carbons (Fsp3) is 0.483. The summed E-state index contributed by atoms with van der Waals surface area (Å²) in [5, 5.41) is 16.4. The maximum absolute atomic E-state index is 14.3. The molecule has 3 fully saturated rings. The minimum atomic E-state index is -0.817. The van der Waals surface area contributed by atoms with Crippen molar-refractivity contribution in [2.24, 2.45) is 17.8 Å². The van der Waals surface area contributed by atoms with Crippen LogP contribution in [0.5, 0.6) is 0 Å². The van der Waals surface area contributed by atoms with Gasteiger partial charge in [0.2, 0.25) is 17.7 Å². The number of carbonyl (C=O) groups is 3. The van der Waals surface area contributed by atoms with Crippen molar-refractivity contribution in [1.29, 1.82) is 0 Å². The number of likely N-dealkylation sites (tertiary alicyclic amines) is 1. The van der Waals surface area contributed by atoms with Crippen LogP contribution >= 0.6 is 27.7 Å². The van der Waals surface area contributed by atoms with Crippen LogP contribution in [0, 0.1) is 31.6 Å². The topological polar surface area (TPSA) is 98.7 Å². The summed E-state index contributed by atoms with van der Waals surface area (Å²) in [6.45, 7) is 7.52. The molecule has 3 amide bonds. The average Bonchev–Trinajstić information content (AvgIpc) is 3.46. The maximum atomic E-state index is 14.3. The molecule has 38 heavy (non-hydrogen) atoms. The molecule has 3 aliphatic heterocycles. The number of nitrogens with zero attached hydrogens (tertiary/aromatic N) is 1. The summed E-state index contributed by atoms with van der Waals surface area (Å²) >= 11 is 5.39. The fourth-order valence-electron chi connectivity index (χ4n) is 6.59. The number of thioether (sulfide) groups is 1. The zero-order valence-electron chi connectivity index (χ0n) is 22.0. The number of aryl methyl sites for hydroxylation is 2. The van der Waals surface area contributed by atoms with Crippen molar-refractivity contribution in [3.05, 3.63) is 59.7 Å². The van der Waals surface area contributed by atoms with Gasteiger partial charge in [-0.1, -0.05) is 66.2 Å². The second-order valence-corrected chi connectivity index (χ2v) is 13.7. The molecular formula is C29H34BrN3O4S. The van der Waals surface area contributed by atoms with E-state index in [1.807, 2.05) is 76.2 Å². The van der Waals surface area contributed by atoms with Crippen LogP contribution in [-0.4, -0.2) is 61.2 Å². The Bertz CT molecular complexity index is 1240. The number of nitrogens with one attached hydrogen (secondary N) is 2. The molecule has 3 heterocycles. The van der Waals surface area contributed by atoms with E-state index in [9.17, 15) is 19.5 Å². The van der Waals surface area contributed by atoms with Crippen LogP contribution < -0.4 is 10.6 Å². The molecule has 7 nitrogen and oxygen atoms in total. The Hall–Kier alpha value is -2.36. The number of halogens is 1. The highest BCUT2D eigenvalue weighted by Gasteiger charge is 2.76. The minimum Gasteiger partial charge on any atom is -0.394 e. The minimum absolute atomic E-state index is 0.0230. The molecule has 0 aromatic heterocycles. The highest BCUT2D eigenvalue weighted by Crippen LogP contribution is 2.68. The zero-order chi connectivity index (χ0) is 27.4. The van der Waals surface area contributed by atoms with E-state index in [2.05, 4.69) is 26.6 Å². The van der Waals surface area contributed by atoms with Gasteiger partial charge in [0.15, 0.2) is 0 Å². The van der Waals surface area contributed by atoms with Gasteiger partial charge in [-0.15, -0.1) is 11.8 Å². The van der Waals surface area contributed by atoms with Gasteiger partial charge >= 0.3 is 0 Å². The molecule has 1 spiro atoms. The predicted octanol–water partition coefficient (Wildman–Crippen LogP) is 4.36. The number of alkyl halides is 1. The Morgan fingerprint density at radius 1 is 1.08 bits per heavy atom. The molecule has 2 aromatic carbocycles. The Balaban J connectivity index is 1.56. The lowest BCUT2D eigenvalue weighted by Crippen LogP contribution is -2.56. The predicted molar refractivity (Wildman–Crippen MR) is 154 cm³/mol. The van der Waals surface area contributed by atoms with Gasteiger partial charge in [-0.3, -0.25) is 14.4 Å². The molecule has 7 atom stereocenters. The standard InChI is InChI=1S/C29H34BrN3O4S/c1-15(2)20(14-34)33-25(27(36)32-23-16(3)9-8-10-17(23)4)29-13-19(30)24(38-29)21(22(29)28(33)37)26(35)31-18-11-6-5-7-12-18/h5-12,15,19-22,24-25,34H,13-14H2,1-4H3,(H,31,35)(H,32,36)/t19?,20-,21-,22-,24-,25?,29?/m0/s1. The van der Waals surface area contributed by atoms with Gasteiger partial charge < -0.3 is 20.6 Å². The first-order valence-electron chi connectivity index (χ1n) is 13.1. The summed E-state index contributed by atoms with van der Waals surface area (Å²) in [6, 6.07) is 13.7. The van der Waals surface area contributed by atoms with Gasteiger partial charge in [-0.05, 0) is 49.4 Å². The summed E-state index contributed by atoms with van der Waals surface area (Å²) in [7, 11) is 0. The third kappa shape index (κ3) is 4.27. The Morgan fingerprint density at radius 3 is 2.34 bits per heavy atom. The molecule has 2 bridgehead atoms. The molecule has 0 radical (unpaired) electrons. The molecule has 2 aromatic rings. The number of benzene rings is 2. The molecule has 5 rings (SSSR count). The van der Waals surface area contributed by atoms with Crippen LogP contribution in [0.2, 0.25) is 0 Å². The number of hydrogen-bond acceptors (Lipinski definition) is 5. The van der Waals surface area contributed by atoms with Crippen molar-refractivity contribution >= 4 is 56.8 Å². The SMILES string of the molecule is Cc1cccc(C)c1NC(=O)C1N([C@@H](CO)C(C)C)C(=O)[C@@H]2[C@H](C(=O)Nc3ccccc3)[C@H]3SC12CC3Br. The quantitative estimate of drug-likeness (QED) is 0.411. The van der Waals surface area contributed by atoms with E-state index in [-0.39, 0.29) is 40.3 Å². The van der Waals surface area contributed by atoms with Crippen molar-refractivity contribution in [2.75, 3.05) is 17.2 Å². The smallest absolute Gasteiger partial charge is 0.248 e. The first-order chi connectivity index (χ1) is 18.1. The first kappa shape index (κ1) is 27.2. The number of fused-ring (bicyclic) bond motifs is 1. The number of aliphatic hydroxyl groups excluding tert-OH is 1. The second kappa shape index (κ2) is 10.3. The maximum Gasteiger partial charge on any atom is 0.248 e. The molecule has 3 aliphatic rings. The van der Waals surface area contributed by atoms with Crippen molar-refractivity contribution in [3.63, 3.8) is 0 Å². The van der Waals surface area contributed by atoms with Gasteiger partial charge in [0.25, 0.3) is 0 Å². The van der Waals surface area contributed by atoms with E-state index in [0.717, 1.165) is 16.8 Å². The number of amides is 3. The lowest BCUT2D eigenvalue weighted by atomic mass is 9.70. The Morgan fingerprint density at radius 2 is 1.74 bits per heavy atom. The molecule has 3 unspecified atom stereocenters. The number of para-hydroxylation sites is 2. The van der Waals surface area contributed by atoms with E-state index < -0.39 is 28.7 Å². The van der Waals surface area contributed by atoms with E-state index in [4.69, 9.17) is 0 Å². The third-order valence-electron chi connectivity index (χ3n) is 8.36. The van der Waals surface area contributed by atoms with E-state index in [0.29, 0.717) is 12.1 Å². The molecule has 3 N–H and O–H groups in total. The van der Waals surface area contributed by atoms with Crippen LogP contribution in [0.4, 0.5) is 11.4 Å². The highest BCUT2D eigenvalue weighted by molar-refractivity contribution is 9.09. The molecule has 9 heteroatoms. The largest absolute Gasteiger partial charge is 0.394 e. The summed E-state index contributed by atoms with van der Waals surface area (Å²) in [6.07, 6.45) is 0.589. The van der Waals surface area contributed by atoms with Crippen LogP contribution in [0.1, 0.15) is 31.4 Å². The number of rotatable bonds is 7. The van der Waals surface area contributed by atoms with Crippen molar-refractivity contribution in [3.8, 4) is 0 Å². The average molecular weight is 601 g/mol. The summed E-state index contributed by atoms with van der Waals surface area (Å²) < 4.78 is -0.780. The van der Waals surface area contributed by atoms with E-state index >= 15 is 0 Å². The van der Waals surface area contributed by atoms with Crippen molar-refractivity contribution in [1.82, 2.24) is 4.90 Å². The molecule has 0 aliphatic carbocycles. The lowest BCUT2D eigenvalue weighted by molar-refractivity contribution is -0.142. The van der Waals surface area contributed by atoms with Gasteiger partial charge in [0.1, 0.15) is 6.04 Å². The number of aliphatic hydroxyl groups is 1. The van der Waals surface area contributed by atoms with Gasteiger partial charge in [-0.2, -0.15) is 0 Å². The first-order valence-corrected chi connectivity index (χ1v) is 14.9. The third-order valence-corrected chi connectivity index (χ3v) is 11.6. The monoisotopic (exact) mass is 599 g/mol. The number of hydrogen-bond donors (Lipinski definition) is 3. The van der Waals surface area contributed by atoms with E-state index in [1.54, 1.807) is 16.7 Å². The highest BCUT2D eigenvalue weighted by atomic mass is 79.9. The normalized spacial score (nSPS) is 30.4. The van der Waals surface area contributed by atoms with E-state index in [1.165, 1.54) is 0 Å². The van der Waals surface area contributed by atoms with Crippen LogP contribution in [0.3, 0.4) is 0 Å². The fourth-order valence-corrected chi connectivity index (χ4v) is 10.2. The molecular weight excluding hydrogens is 566 g/mol. The van der Waals surface area contributed by atoms with Crippen molar-refractivity contribution in [2.45, 2.75) is 61.0 Å². The summed E-state index contributed by atoms with van der Waals surface area (Å²) in [4.78, 5) is 43.8. The summed E-state index contributed by atoms with van der Waals surface area (Å²) in [5.41, 5.74) is 3.29. The van der Waals surface area contributed by atoms with Crippen LogP contribution in [0.25, 0.3) is 0 Å². The van der Waals surface area contributed by atoms with Crippen LogP contribution in [0.15, 0.2) is 48.5 Å². The number of anilines is 2. The van der Waals surface area contributed by atoms with Crippen LogP contribution in [-0.2, 0) is 14.4 Å². The lowest BCUT2D eigenvalue weighted by Gasteiger charge is -2.38. The second-order valence-electron chi connectivity index (χ2n) is 11.0. The van der Waals surface area contributed by atoms with Gasteiger partial charge in [0.05, 0.1) is 29.2 Å². The summed E-state index contributed by atoms with van der Waals surface area (Å²) in [5.74, 6) is -2.03. The number of carbonyl (C=O) groups excluding carboxylic acids is 3. The Kier molecular flexibility index (Phi) is 7.39. The molecule has 0 saturated carbocycles. The van der Waals surface area contributed by atoms with Crippen molar-refractivity contribution < 1.29 is 19.5 Å². The van der Waals surface area contributed by atoms with Gasteiger partial charge in [-0.25, -0.2) is 0 Å². The molecule has 3 saturated heterocycles. The van der Waals surface area contributed by atoms with Gasteiger partial charge in [0, 0.05) is 21.5 Å². The zero-order valence-corrected chi connectivity index (χ0v) is 24.4. The molecule has 202 valence electrons.